The smallest absolute Gasteiger partial charge is 0.0440 e. The van der Waals surface area contributed by atoms with Crippen molar-refractivity contribution in [2.24, 2.45) is 0 Å². The molecule has 1 heteroatoms. The van der Waals surface area contributed by atoms with Crippen molar-refractivity contribution in [3.05, 3.63) is 70.8 Å². The summed E-state index contributed by atoms with van der Waals surface area (Å²) in [5.41, 5.74) is 9.21. The Hall–Kier alpha value is -2.02. The summed E-state index contributed by atoms with van der Waals surface area (Å²) in [7, 11) is 1.96. The van der Waals surface area contributed by atoms with Gasteiger partial charge in [0.1, 0.15) is 0 Å². The van der Waals surface area contributed by atoms with E-state index in [0.29, 0.717) is 0 Å². The van der Waals surface area contributed by atoms with Crippen LogP contribution in [-0.2, 0) is 0 Å². The van der Waals surface area contributed by atoms with Gasteiger partial charge in [-0.25, -0.2) is 0 Å². The molecule has 21 heavy (non-hydrogen) atoms. The van der Waals surface area contributed by atoms with Crippen molar-refractivity contribution in [1.82, 2.24) is 5.32 Å². The Labute approximate surface area is 128 Å². The molecule has 0 saturated heterocycles. The fraction of sp³-hybridized carbons (Fsp3) is 0.300. The van der Waals surface area contributed by atoms with Crippen molar-refractivity contribution in [1.29, 1.82) is 0 Å². The second kappa shape index (κ2) is 6.62. The first-order valence-corrected chi connectivity index (χ1v) is 7.55. The zero-order valence-electron chi connectivity index (χ0n) is 13.6. The van der Waals surface area contributed by atoms with Crippen LogP contribution in [0.25, 0.3) is 11.3 Å². The van der Waals surface area contributed by atoms with Crippen molar-refractivity contribution >= 4 is 11.3 Å². The third-order valence-electron chi connectivity index (χ3n) is 4.33. The maximum atomic E-state index is 3.85. The highest BCUT2D eigenvalue weighted by Gasteiger charge is 2.10. The molecule has 1 nitrogen and oxygen atoms in total. The second-order valence-electron chi connectivity index (χ2n) is 5.72. The Bertz CT molecular complexity index is 624. The maximum Gasteiger partial charge on any atom is 0.0440 e. The number of hydrogen-bond acceptors (Lipinski definition) is 1. The SMILES string of the molecule is C=C/C(C)=C(\NC)c1ccc(C2=CC(C)=C(C)CC2)cc1. The number of hydrogen-bond donors (Lipinski definition) is 1. The summed E-state index contributed by atoms with van der Waals surface area (Å²) < 4.78 is 0. The van der Waals surface area contributed by atoms with Crippen molar-refractivity contribution in [3.8, 4) is 0 Å². The van der Waals surface area contributed by atoms with Crippen molar-refractivity contribution in [2.75, 3.05) is 7.05 Å². The molecule has 1 aliphatic carbocycles. The molecule has 1 aromatic rings. The van der Waals surface area contributed by atoms with Gasteiger partial charge in [-0.15, -0.1) is 0 Å². The maximum absolute atomic E-state index is 3.85. The van der Waals surface area contributed by atoms with Gasteiger partial charge in [0.15, 0.2) is 0 Å². The lowest BCUT2D eigenvalue weighted by atomic mass is 9.89. The highest BCUT2D eigenvalue weighted by atomic mass is 14.8. The van der Waals surface area contributed by atoms with E-state index in [1.165, 1.54) is 34.3 Å². The van der Waals surface area contributed by atoms with E-state index in [0.717, 1.165) is 17.7 Å². The summed E-state index contributed by atoms with van der Waals surface area (Å²) in [5.74, 6) is 0. The van der Waals surface area contributed by atoms with Crippen LogP contribution in [0.15, 0.2) is 59.7 Å². The molecule has 0 saturated carbocycles. The van der Waals surface area contributed by atoms with Crippen LogP contribution in [-0.4, -0.2) is 7.05 Å². The average Bonchev–Trinajstić information content (AvgIpc) is 2.51. The first kappa shape index (κ1) is 15.4. The van der Waals surface area contributed by atoms with Crippen molar-refractivity contribution in [3.63, 3.8) is 0 Å². The fourth-order valence-corrected chi connectivity index (χ4v) is 2.73. The van der Waals surface area contributed by atoms with Gasteiger partial charge >= 0.3 is 0 Å². The minimum atomic E-state index is 1.14. The molecule has 0 unspecified atom stereocenters. The lowest BCUT2D eigenvalue weighted by molar-refractivity contribution is 0.954. The molecule has 0 fully saturated rings. The van der Waals surface area contributed by atoms with Gasteiger partial charge in [-0.05, 0) is 55.9 Å². The molecule has 1 aliphatic rings. The minimum Gasteiger partial charge on any atom is -0.387 e. The second-order valence-corrected chi connectivity index (χ2v) is 5.72. The normalized spacial score (nSPS) is 16.3. The number of benzene rings is 1. The summed E-state index contributed by atoms with van der Waals surface area (Å²) in [6.07, 6.45) is 6.54. The predicted molar refractivity (Wildman–Crippen MR) is 93.9 cm³/mol. The Morgan fingerprint density at radius 3 is 2.33 bits per heavy atom. The van der Waals surface area contributed by atoms with Gasteiger partial charge in [-0.2, -0.15) is 0 Å². The van der Waals surface area contributed by atoms with Crippen molar-refractivity contribution < 1.29 is 0 Å². The number of rotatable bonds is 4. The van der Waals surface area contributed by atoms with E-state index in [9.17, 15) is 0 Å². The largest absolute Gasteiger partial charge is 0.387 e. The quantitative estimate of drug-likeness (QED) is 0.734. The zero-order valence-corrected chi connectivity index (χ0v) is 13.6. The van der Waals surface area contributed by atoms with E-state index in [1.54, 1.807) is 0 Å². The van der Waals surface area contributed by atoms with Crippen LogP contribution < -0.4 is 5.32 Å². The van der Waals surface area contributed by atoms with E-state index in [1.807, 2.05) is 13.1 Å². The van der Waals surface area contributed by atoms with Crippen LogP contribution in [0.4, 0.5) is 0 Å². The van der Waals surface area contributed by atoms with Gasteiger partial charge < -0.3 is 5.32 Å². The highest BCUT2D eigenvalue weighted by Crippen LogP contribution is 2.30. The van der Waals surface area contributed by atoms with Gasteiger partial charge in [-0.3, -0.25) is 0 Å². The minimum absolute atomic E-state index is 1.14. The summed E-state index contributed by atoms with van der Waals surface area (Å²) >= 11 is 0. The first-order valence-electron chi connectivity index (χ1n) is 7.55. The molecular formula is C20H25N. The molecule has 2 rings (SSSR count). The van der Waals surface area contributed by atoms with E-state index in [2.05, 4.69) is 63.0 Å². The lowest BCUT2D eigenvalue weighted by Crippen LogP contribution is -2.06. The third kappa shape index (κ3) is 3.36. The van der Waals surface area contributed by atoms with E-state index in [-0.39, 0.29) is 0 Å². The molecule has 1 N–H and O–H groups in total. The molecule has 0 bridgehead atoms. The molecule has 110 valence electrons. The predicted octanol–water partition coefficient (Wildman–Crippen LogP) is 5.34. The van der Waals surface area contributed by atoms with Gasteiger partial charge in [0.25, 0.3) is 0 Å². The van der Waals surface area contributed by atoms with Gasteiger partial charge in [-0.1, -0.05) is 54.1 Å². The zero-order chi connectivity index (χ0) is 15.4. The van der Waals surface area contributed by atoms with E-state index < -0.39 is 0 Å². The Balaban J connectivity index is 2.32. The average molecular weight is 279 g/mol. The van der Waals surface area contributed by atoms with E-state index >= 15 is 0 Å². The Morgan fingerprint density at radius 2 is 1.81 bits per heavy atom. The summed E-state index contributed by atoms with van der Waals surface area (Å²) in [5, 5.41) is 3.27. The monoisotopic (exact) mass is 279 g/mol. The fourth-order valence-electron chi connectivity index (χ4n) is 2.73. The molecule has 1 aromatic carbocycles. The standard InChI is InChI=1S/C20H25N/c1-6-14(2)20(21-5)18-11-9-17(10-12-18)19-8-7-15(3)16(4)13-19/h6,9-13,21H,1,7-8H2,2-5H3/b20-14-. The molecule has 0 heterocycles. The first-order chi connectivity index (χ1) is 10.1. The molecular weight excluding hydrogens is 254 g/mol. The third-order valence-corrected chi connectivity index (χ3v) is 4.33. The molecule has 0 aromatic heterocycles. The topological polar surface area (TPSA) is 12.0 Å². The van der Waals surface area contributed by atoms with Crippen LogP contribution in [0.5, 0.6) is 0 Å². The van der Waals surface area contributed by atoms with Gasteiger partial charge in [0, 0.05) is 12.7 Å². The van der Waals surface area contributed by atoms with Crippen LogP contribution in [0, 0.1) is 0 Å². The summed E-state index contributed by atoms with van der Waals surface area (Å²) in [4.78, 5) is 0. The highest BCUT2D eigenvalue weighted by molar-refractivity contribution is 5.74. The van der Waals surface area contributed by atoms with Crippen LogP contribution in [0.3, 0.4) is 0 Å². The molecule has 0 spiro atoms. The molecule has 0 aliphatic heterocycles. The molecule has 0 atom stereocenters. The Kier molecular flexibility index (Phi) is 4.85. The van der Waals surface area contributed by atoms with Crippen LogP contribution in [0.1, 0.15) is 44.7 Å². The van der Waals surface area contributed by atoms with Gasteiger partial charge in [0.2, 0.25) is 0 Å². The molecule has 0 amide bonds. The Morgan fingerprint density at radius 1 is 1.14 bits per heavy atom. The number of nitrogens with one attached hydrogen (secondary N) is 1. The summed E-state index contributed by atoms with van der Waals surface area (Å²) in [6.45, 7) is 10.4. The van der Waals surface area contributed by atoms with Gasteiger partial charge in [0.05, 0.1) is 0 Å². The molecule has 0 radical (unpaired) electrons. The van der Waals surface area contributed by atoms with Crippen molar-refractivity contribution in [2.45, 2.75) is 33.6 Å². The van der Waals surface area contributed by atoms with E-state index in [4.69, 9.17) is 0 Å². The lowest BCUT2D eigenvalue weighted by Gasteiger charge is -2.17. The van der Waals surface area contributed by atoms with Crippen LogP contribution >= 0.6 is 0 Å². The van der Waals surface area contributed by atoms with Crippen LogP contribution in [0.2, 0.25) is 0 Å². The summed E-state index contributed by atoms with van der Waals surface area (Å²) in [6, 6.07) is 8.83. The number of allylic oxidation sites excluding steroid dienone is 6.